The molecule has 0 aromatic carbocycles. The molecule has 0 radical (unpaired) electrons. The molecule has 0 aliphatic heterocycles. The van der Waals surface area contributed by atoms with Crippen molar-refractivity contribution in [3.05, 3.63) is 12.7 Å². The van der Waals surface area contributed by atoms with Crippen molar-refractivity contribution in [3.8, 4) is 0 Å². The van der Waals surface area contributed by atoms with E-state index in [1.54, 1.807) is 12.7 Å². The van der Waals surface area contributed by atoms with Crippen molar-refractivity contribution in [1.82, 2.24) is 24.8 Å². The SMILES string of the molecule is CN(C)C1(CNc2ncnc3nc[nH]c23)CCCC1. The van der Waals surface area contributed by atoms with Gasteiger partial charge in [0.15, 0.2) is 11.5 Å². The Hall–Kier alpha value is -1.69. The summed E-state index contributed by atoms with van der Waals surface area (Å²) in [5, 5.41) is 3.47. The molecule has 1 aliphatic rings. The number of fused-ring (bicyclic) bond motifs is 1. The zero-order valence-electron chi connectivity index (χ0n) is 11.5. The number of aromatic amines is 1. The van der Waals surface area contributed by atoms with Gasteiger partial charge in [0.1, 0.15) is 11.8 Å². The molecule has 3 rings (SSSR count). The predicted molar refractivity (Wildman–Crippen MR) is 75.1 cm³/mol. The van der Waals surface area contributed by atoms with E-state index in [0.29, 0.717) is 5.65 Å². The standard InChI is InChI=1S/C13H20N6/c1-19(2)13(5-3-4-6-13)7-14-11-10-12(16-8-15-10)18-9-17-11/h8-9H,3-7H2,1-2H3,(H2,14,15,16,17,18). The van der Waals surface area contributed by atoms with Gasteiger partial charge in [0.25, 0.3) is 0 Å². The molecule has 0 saturated heterocycles. The average molecular weight is 260 g/mol. The second kappa shape index (κ2) is 4.77. The van der Waals surface area contributed by atoms with Crippen LogP contribution in [0.4, 0.5) is 5.82 Å². The maximum atomic E-state index is 4.32. The zero-order chi connectivity index (χ0) is 13.3. The van der Waals surface area contributed by atoms with Gasteiger partial charge in [-0.25, -0.2) is 15.0 Å². The van der Waals surface area contributed by atoms with E-state index < -0.39 is 0 Å². The number of aromatic nitrogens is 4. The van der Waals surface area contributed by atoms with E-state index in [9.17, 15) is 0 Å². The lowest BCUT2D eigenvalue weighted by molar-refractivity contribution is 0.172. The third-order valence-corrected chi connectivity index (χ3v) is 4.29. The van der Waals surface area contributed by atoms with Crippen LogP contribution in [0.3, 0.4) is 0 Å². The number of nitrogens with one attached hydrogen (secondary N) is 2. The van der Waals surface area contributed by atoms with Crippen LogP contribution in [0, 0.1) is 0 Å². The lowest BCUT2D eigenvalue weighted by atomic mass is 9.96. The number of rotatable bonds is 4. The Kier molecular flexibility index (Phi) is 3.10. The van der Waals surface area contributed by atoms with E-state index >= 15 is 0 Å². The van der Waals surface area contributed by atoms with Gasteiger partial charge in [0, 0.05) is 12.1 Å². The second-order valence-electron chi connectivity index (χ2n) is 5.50. The van der Waals surface area contributed by atoms with Crippen LogP contribution in [0.25, 0.3) is 11.2 Å². The molecule has 0 amide bonds. The maximum absolute atomic E-state index is 4.32. The Morgan fingerprint density at radius 3 is 2.79 bits per heavy atom. The minimum atomic E-state index is 0.247. The van der Waals surface area contributed by atoms with Crippen LogP contribution >= 0.6 is 0 Å². The minimum Gasteiger partial charge on any atom is -0.366 e. The highest BCUT2D eigenvalue weighted by Gasteiger charge is 2.35. The van der Waals surface area contributed by atoms with Crippen LogP contribution in [0.15, 0.2) is 12.7 Å². The molecule has 0 unspecified atom stereocenters. The smallest absolute Gasteiger partial charge is 0.182 e. The van der Waals surface area contributed by atoms with Gasteiger partial charge in [-0.15, -0.1) is 0 Å². The summed E-state index contributed by atoms with van der Waals surface area (Å²) in [5.74, 6) is 0.843. The number of imidazole rings is 1. The van der Waals surface area contributed by atoms with Crippen molar-refractivity contribution >= 4 is 17.0 Å². The van der Waals surface area contributed by atoms with Crippen molar-refractivity contribution in [3.63, 3.8) is 0 Å². The predicted octanol–water partition coefficient (Wildman–Crippen LogP) is 1.64. The van der Waals surface area contributed by atoms with Crippen LogP contribution < -0.4 is 5.32 Å². The Bertz CT molecular complexity index is 555. The molecule has 0 atom stereocenters. The summed E-state index contributed by atoms with van der Waals surface area (Å²) < 4.78 is 0. The molecule has 2 aromatic rings. The first kappa shape index (κ1) is 12.3. The Balaban J connectivity index is 1.80. The van der Waals surface area contributed by atoms with E-state index in [-0.39, 0.29) is 5.54 Å². The van der Waals surface area contributed by atoms with Crippen LogP contribution in [0.1, 0.15) is 25.7 Å². The van der Waals surface area contributed by atoms with Crippen molar-refractivity contribution in [1.29, 1.82) is 0 Å². The Morgan fingerprint density at radius 1 is 1.26 bits per heavy atom. The third kappa shape index (κ3) is 2.16. The van der Waals surface area contributed by atoms with Crippen molar-refractivity contribution in [2.75, 3.05) is 26.0 Å². The molecular formula is C13H20N6. The van der Waals surface area contributed by atoms with E-state index in [2.05, 4.69) is 44.2 Å². The quantitative estimate of drug-likeness (QED) is 0.874. The van der Waals surface area contributed by atoms with Crippen LogP contribution in [-0.4, -0.2) is 51.0 Å². The number of H-pyrrole nitrogens is 1. The molecule has 1 saturated carbocycles. The number of hydrogen-bond acceptors (Lipinski definition) is 5. The molecule has 102 valence electrons. The van der Waals surface area contributed by atoms with E-state index in [1.807, 2.05) is 0 Å². The fourth-order valence-electron chi connectivity index (χ4n) is 2.96. The summed E-state index contributed by atoms with van der Waals surface area (Å²) in [5.41, 5.74) is 1.84. The fourth-order valence-corrected chi connectivity index (χ4v) is 2.96. The number of hydrogen-bond donors (Lipinski definition) is 2. The van der Waals surface area contributed by atoms with Crippen molar-refractivity contribution in [2.24, 2.45) is 0 Å². The highest BCUT2D eigenvalue weighted by atomic mass is 15.2. The lowest BCUT2D eigenvalue weighted by Crippen LogP contribution is -2.47. The van der Waals surface area contributed by atoms with Gasteiger partial charge in [-0.3, -0.25) is 0 Å². The first-order valence-electron chi connectivity index (χ1n) is 6.77. The lowest BCUT2D eigenvalue weighted by Gasteiger charge is -2.36. The van der Waals surface area contributed by atoms with E-state index in [0.717, 1.165) is 17.9 Å². The Labute approximate surface area is 112 Å². The van der Waals surface area contributed by atoms with E-state index in [4.69, 9.17) is 0 Å². The summed E-state index contributed by atoms with van der Waals surface area (Å²) in [6, 6.07) is 0. The van der Waals surface area contributed by atoms with Crippen LogP contribution in [0.5, 0.6) is 0 Å². The summed E-state index contributed by atoms with van der Waals surface area (Å²) in [7, 11) is 4.33. The zero-order valence-corrected chi connectivity index (χ0v) is 11.5. The Morgan fingerprint density at radius 2 is 2.05 bits per heavy atom. The normalized spacial score (nSPS) is 18.3. The first-order valence-corrected chi connectivity index (χ1v) is 6.77. The number of nitrogens with zero attached hydrogens (tertiary/aromatic N) is 4. The molecule has 0 bridgehead atoms. The van der Waals surface area contributed by atoms with Crippen LogP contribution in [0.2, 0.25) is 0 Å². The van der Waals surface area contributed by atoms with Gasteiger partial charge in [-0.1, -0.05) is 12.8 Å². The second-order valence-corrected chi connectivity index (χ2v) is 5.50. The molecule has 2 N–H and O–H groups in total. The summed E-state index contributed by atoms with van der Waals surface area (Å²) >= 11 is 0. The third-order valence-electron chi connectivity index (χ3n) is 4.29. The maximum Gasteiger partial charge on any atom is 0.182 e. The highest BCUT2D eigenvalue weighted by Crippen LogP contribution is 2.34. The summed E-state index contributed by atoms with van der Waals surface area (Å²) in [6.45, 7) is 0.908. The molecule has 0 spiro atoms. The minimum absolute atomic E-state index is 0.247. The first-order chi connectivity index (χ1) is 9.21. The highest BCUT2D eigenvalue weighted by molar-refractivity contribution is 5.81. The molecule has 6 heteroatoms. The number of anilines is 1. The molecule has 2 heterocycles. The van der Waals surface area contributed by atoms with Gasteiger partial charge in [0.2, 0.25) is 0 Å². The van der Waals surface area contributed by atoms with Gasteiger partial charge >= 0.3 is 0 Å². The van der Waals surface area contributed by atoms with Crippen LogP contribution in [-0.2, 0) is 0 Å². The molecular weight excluding hydrogens is 240 g/mol. The molecule has 2 aromatic heterocycles. The van der Waals surface area contributed by atoms with Gasteiger partial charge < -0.3 is 15.2 Å². The molecule has 1 fully saturated rings. The fraction of sp³-hybridized carbons (Fsp3) is 0.615. The summed E-state index contributed by atoms with van der Waals surface area (Å²) in [4.78, 5) is 18.0. The number of likely N-dealkylation sites (N-methyl/N-ethyl adjacent to an activating group) is 1. The summed E-state index contributed by atoms with van der Waals surface area (Å²) in [6.07, 6.45) is 8.31. The van der Waals surface area contributed by atoms with Gasteiger partial charge in [-0.2, -0.15) is 0 Å². The monoisotopic (exact) mass is 260 g/mol. The van der Waals surface area contributed by atoms with E-state index in [1.165, 1.54) is 25.7 Å². The topological polar surface area (TPSA) is 69.7 Å². The van der Waals surface area contributed by atoms with Crippen molar-refractivity contribution < 1.29 is 0 Å². The largest absolute Gasteiger partial charge is 0.366 e. The van der Waals surface area contributed by atoms with Crippen molar-refractivity contribution in [2.45, 2.75) is 31.2 Å². The average Bonchev–Trinajstić information content (AvgIpc) is 3.06. The molecule has 19 heavy (non-hydrogen) atoms. The van der Waals surface area contributed by atoms with Gasteiger partial charge in [0.05, 0.1) is 6.33 Å². The molecule has 1 aliphatic carbocycles. The molecule has 6 nitrogen and oxygen atoms in total. The van der Waals surface area contributed by atoms with Gasteiger partial charge in [-0.05, 0) is 26.9 Å².